The molecule has 7 heteroatoms. The molecule has 1 saturated heterocycles. The second-order valence-corrected chi connectivity index (χ2v) is 7.47. The number of piperazine rings is 1. The number of hydrogen-bond donors (Lipinski definition) is 2. The van der Waals surface area contributed by atoms with E-state index >= 15 is 0 Å². The van der Waals surface area contributed by atoms with E-state index in [-0.39, 0.29) is 11.8 Å². The lowest BCUT2D eigenvalue weighted by Gasteiger charge is -2.36. The highest BCUT2D eigenvalue weighted by atomic mass is 16.3. The van der Waals surface area contributed by atoms with Crippen molar-refractivity contribution in [1.82, 2.24) is 14.7 Å². The van der Waals surface area contributed by atoms with Crippen molar-refractivity contribution in [3.8, 4) is 5.75 Å². The molecule has 4 rings (SSSR count). The maximum atomic E-state index is 12.7. The van der Waals surface area contributed by atoms with Gasteiger partial charge >= 0.3 is 6.03 Å². The van der Waals surface area contributed by atoms with Gasteiger partial charge < -0.3 is 14.9 Å². The lowest BCUT2D eigenvalue weighted by Crippen LogP contribution is -2.50. The van der Waals surface area contributed by atoms with Gasteiger partial charge in [-0.25, -0.2) is 9.48 Å². The summed E-state index contributed by atoms with van der Waals surface area (Å²) in [6.45, 7) is 3.60. The van der Waals surface area contributed by atoms with Crippen molar-refractivity contribution >= 4 is 17.5 Å². The Hall–Kier alpha value is -2.96. The highest BCUT2D eigenvalue weighted by Gasteiger charge is 2.22. The average molecular weight is 381 g/mol. The van der Waals surface area contributed by atoms with E-state index in [0.29, 0.717) is 19.0 Å². The van der Waals surface area contributed by atoms with Gasteiger partial charge in [0.2, 0.25) is 0 Å². The zero-order valence-electron chi connectivity index (χ0n) is 16.0. The van der Waals surface area contributed by atoms with Crippen LogP contribution in [0.25, 0.3) is 0 Å². The predicted octanol–water partition coefficient (Wildman–Crippen LogP) is 3.30. The van der Waals surface area contributed by atoms with Crippen molar-refractivity contribution in [2.45, 2.75) is 25.8 Å². The normalized spacial score (nSPS) is 19.6. The van der Waals surface area contributed by atoms with E-state index in [9.17, 15) is 9.90 Å². The molecule has 0 saturated carbocycles. The molecule has 1 atom stereocenters. The van der Waals surface area contributed by atoms with E-state index in [2.05, 4.69) is 27.5 Å². The molecular weight excluding hydrogens is 354 g/mol. The molecule has 1 aliphatic carbocycles. The fourth-order valence-corrected chi connectivity index (χ4v) is 3.90. The number of hydrogen-bond acceptors (Lipinski definition) is 4. The molecule has 1 aromatic carbocycles. The maximum Gasteiger partial charge on any atom is 0.323 e. The molecule has 2 N–H and O–H groups in total. The first-order valence-corrected chi connectivity index (χ1v) is 9.96. The minimum Gasteiger partial charge on any atom is -0.508 e. The standard InChI is InChI=1S/C21H27N5O2/c27-19-8-4-7-18(15-19)24-11-13-25(14-12-24)21(28)23-20-9-10-22-26(20)16-17-5-2-1-3-6-17/h1-2,4,7-10,15,17,27H,3,5-6,11-14,16H2,(H,23,28)/t17-/m0/s1. The Morgan fingerprint density at radius 1 is 1.18 bits per heavy atom. The fourth-order valence-electron chi connectivity index (χ4n) is 3.90. The molecule has 1 aliphatic heterocycles. The van der Waals surface area contributed by atoms with Crippen LogP contribution in [0.1, 0.15) is 19.3 Å². The second kappa shape index (κ2) is 8.37. The Balaban J connectivity index is 1.31. The minimum absolute atomic E-state index is 0.0825. The van der Waals surface area contributed by atoms with Crippen LogP contribution in [-0.4, -0.2) is 52.0 Å². The number of aromatic hydroxyl groups is 1. The maximum absolute atomic E-state index is 12.7. The number of urea groups is 1. The molecule has 28 heavy (non-hydrogen) atoms. The Kier molecular flexibility index (Phi) is 5.50. The molecule has 2 aliphatic rings. The number of allylic oxidation sites excluding steroid dienone is 2. The largest absolute Gasteiger partial charge is 0.508 e. The number of carbonyl (C=O) groups is 1. The van der Waals surface area contributed by atoms with Crippen LogP contribution >= 0.6 is 0 Å². The first kappa shape index (κ1) is 18.4. The fraction of sp³-hybridized carbons (Fsp3) is 0.429. The molecule has 7 nitrogen and oxygen atoms in total. The number of aromatic nitrogens is 2. The van der Waals surface area contributed by atoms with Crippen LogP contribution in [0.15, 0.2) is 48.7 Å². The molecule has 2 aromatic rings. The van der Waals surface area contributed by atoms with E-state index in [4.69, 9.17) is 0 Å². The topological polar surface area (TPSA) is 73.6 Å². The summed E-state index contributed by atoms with van der Waals surface area (Å²) in [5.74, 6) is 1.60. The van der Waals surface area contributed by atoms with Crippen molar-refractivity contribution in [1.29, 1.82) is 0 Å². The third-order valence-electron chi connectivity index (χ3n) is 5.52. The van der Waals surface area contributed by atoms with Crippen LogP contribution in [-0.2, 0) is 6.54 Å². The van der Waals surface area contributed by atoms with E-state index in [0.717, 1.165) is 44.0 Å². The third kappa shape index (κ3) is 4.30. The third-order valence-corrected chi connectivity index (χ3v) is 5.52. The number of phenolic OH excluding ortho intramolecular Hbond substituents is 1. The molecule has 2 heterocycles. The molecule has 1 aromatic heterocycles. The molecule has 1 fully saturated rings. The lowest BCUT2D eigenvalue weighted by molar-refractivity contribution is 0.208. The van der Waals surface area contributed by atoms with Crippen LogP contribution in [0, 0.1) is 5.92 Å². The number of phenols is 1. The number of carbonyl (C=O) groups excluding carboxylic acids is 1. The summed E-state index contributed by atoms with van der Waals surface area (Å²) < 4.78 is 1.91. The van der Waals surface area contributed by atoms with Crippen LogP contribution in [0.5, 0.6) is 5.75 Å². The van der Waals surface area contributed by atoms with Crippen LogP contribution in [0.2, 0.25) is 0 Å². The van der Waals surface area contributed by atoms with E-state index in [1.165, 1.54) is 6.42 Å². The second-order valence-electron chi connectivity index (χ2n) is 7.47. The summed E-state index contributed by atoms with van der Waals surface area (Å²) in [6, 6.07) is 9.02. The molecule has 148 valence electrons. The van der Waals surface area contributed by atoms with Gasteiger partial charge in [0.1, 0.15) is 11.6 Å². The summed E-state index contributed by atoms with van der Waals surface area (Å²) in [5.41, 5.74) is 0.986. The highest BCUT2D eigenvalue weighted by molar-refractivity contribution is 5.88. The summed E-state index contributed by atoms with van der Waals surface area (Å²) in [6.07, 6.45) is 9.58. The minimum atomic E-state index is -0.0825. The van der Waals surface area contributed by atoms with Gasteiger partial charge in [-0.05, 0) is 37.3 Å². The SMILES string of the molecule is O=C(Nc1ccnn1C[C@H]1CC=CCC1)N1CCN(c2cccc(O)c2)CC1. The van der Waals surface area contributed by atoms with Gasteiger partial charge in [-0.2, -0.15) is 5.10 Å². The molecular formula is C21H27N5O2. The van der Waals surface area contributed by atoms with Crippen molar-refractivity contribution in [2.24, 2.45) is 5.92 Å². The predicted molar refractivity (Wildman–Crippen MR) is 110 cm³/mol. The molecule has 0 radical (unpaired) electrons. The summed E-state index contributed by atoms with van der Waals surface area (Å²) in [4.78, 5) is 16.7. The summed E-state index contributed by atoms with van der Waals surface area (Å²) >= 11 is 0. The Morgan fingerprint density at radius 3 is 2.79 bits per heavy atom. The average Bonchev–Trinajstić information content (AvgIpc) is 3.15. The summed E-state index contributed by atoms with van der Waals surface area (Å²) in [7, 11) is 0. The van der Waals surface area contributed by atoms with Crippen LogP contribution in [0.4, 0.5) is 16.3 Å². The van der Waals surface area contributed by atoms with Gasteiger partial charge in [-0.1, -0.05) is 18.2 Å². The summed E-state index contributed by atoms with van der Waals surface area (Å²) in [5, 5.41) is 17.1. The monoisotopic (exact) mass is 381 g/mol. The number of benzene rings is 1. The molecule has 0 bridgehead atoms. The molecule has 0 unspecified atom stereocenters. The zero-order chi connectivity index (χ0) is 19.3. The number of amides is 2. The van der Waals surface area contributed by atoms with Gasteiger partial charge in [-0.15, -0.1) is 0 Å². The van der Waals surface area contributed by atoms with Crippen molar-refractivity contribution in [3.05, 3.63) is 48.7 Å². The number of nitrogens with one attached hydrogen (secondary N) is 1. The first-order chi connectivity index (χ1) is 13.7. The Morgan fingerprint density at radius 2 is 2.04 bits per heavy atom. The molecule has 2 amide bonds. The van der Waals surface area contributed by atoms with Gasteiger partial charge in [0.05, 0.1) is 6.20 Å². The number of nitrogens with zero attached hydrogens (tertiary/aromatic N) is 4. The Labute approximate surface area is 165 Å². The van der Waals surface area contributed by atoms with E-state index in [1.807, 2.05) is 27.8 Å². The van der Waals surface area contributed by atoms with E-state index < -0.39 is 0 Å². The smallest absolute Gasteiger partial charge is 0.323 e. The Bertz CT molecular complexity index is 839. The van der Waals surface area contributed by atoms with Crippen LogP contribution in [0.3, 0.4) is 0 Å². The van der Waals surface area contributed by atoms with Crippen molar-refractivity contribution in [3.63, 3.8) is 0 Å². The van der Waals surface area contributed by atoms with E-state index in [1.54, 1.807) is 18.3 Å². The van der Waals surface area contributed by atoms with Crippen LogP contribution < -0.4 is 10.2 Å². The molecule has 0 spiro atoms. The van der Waals surface area contributed by atoms with Gasteiger partial charge in [0.15, 0.2) is 0 Å². The van der Waals surface area contributed by atoms with Gasteiger partial charge in [0, 0.05) is 50.5 Å². The first-order valence-electron chi connectivity index (χ1n) is 9.96. The van der Waals surface area contributed by atoms with Gasteiger partial charge in [0.25, 0.3) is 0 Å². The zero-order valence-corrected chi connectivity index (χ0v) is 16.0. The highest BCUT2D eigenvalue weighted by Crippen LogP contribution is 2.23. The number of rotatable bonds is 4. The quantitative estimate of drug-likeness (QED) is 0.797. The lowest BCUT2D eigenvalue weighted by atomic mass is 9.94. The van der Waals surface area contributed by atoms with Crippen molar-refractivity contribution < 1.29 is 9.90 Å². The number of anilines is 2. The van der Waals surface area contributed by atoms with Gasteiger partial charge in [-0.3, -0.25) is 5.32 Å². The van der Waals surface area contributed by atoms with Crippen molar-refractivity contribution in [2.75, 3.05) is 36.4 Å².